The van der Waals surface area contributed by atoms with Gasteiger partial charge in [-0.3, -0.25) is 9.59 Å². The number of rotatable bonds is 6. The Balaban J connectivity index is 1.69. The topological polar surface area (TPSA) is 69.4 Å². The van der Waals surface area contributed by atoms with Gasteiger partial charge in [-0.05, 0) is 36.4 Å². The molecular formula is C18H15NO4. The van der Waals surface area contributed by atoms with Gasteiger partial charge in [0.1, 0.15) is 17.0 Å². The molecule has 2 heterocycles. The molecule has 0 atom stereocenters. The molecule has 0 saturated heterocycles. The molecule has 3 aromatic rings. The van der Waals surface area contributed by atoms with Gasteiger partial charge >= 0.3 is 0 Å². The first-order valence-electron chi connectivity index (χ1n) is 7.21. The molecule has 116 valence electrons. The van der Waals surface area contributed by atoms with Gasteiger partial charge in [0.25, 0.3) is 0 Å². The van der Waals surface area contributed by atoms with Crippen LogP contribution in [-0.4, -0.2) is 23.7 Å². The normalized spacial score (nSPS) is 10.7. The summed E-state index contributed by atoms with van der Waals surface area (Å²) in [6.07, 6.45) is 3.33. The number of fused-ring (bicyclic) bond motifs is 1. The Labute approximate surface area is 132 Å². The highest BCUT2D eigenvalue weighted by atomic mass is 16.5. The van der Waals surface area contributed by atoms with Gasteiger partial charge < -0.3 is 9.15 Å². The van der Waals surface area contributed by atoms with E-state index >= 15 is 0 Å². The second-order valence-electron chi connectivity index (χ2n) is 5.07. The minimum Gasteiger partial charge on any atom is -0.494 e. The monoisotopic (exact) mass is 309 g/mol. The molecule has 5 nitrogen and oxygen atoms in total. The summed E-state index contributed by atoms with van der Waals surface area (Å²) >= 11 is 0. The van der Waals surface area contributed by atoms with Gasteiger partial charge in [-0.25, -0.2) is 4.98 Å². The number of carbonyl (C=O) groups is 2. The molecule has 0 saturated carbocycles. The van der Waals surface area contributed by atoms with Crippen LogP contribution in [0.1, 0.15) is 33.7 Å². The first kappa shape index (κ1) is 15.0. The number of pyridine rings is 1. The molecule has 0 aliphatic carbocycles. The lowest BCUT2D eigenvalue weighted by Gasteiger charge is -2.06. The highest BCUT2D eigenvalue weighted by Gasteiger charge is 2.16. The van der Waals surface area contributed by atoms with Crippen molar-refractivity contribution >= 4 is 22.5 Å². The van der Waals surface area contributed by atoms with Crippen molar-refractivity contribution in [2.45, 2.75) is 12.8 Å². The zero-order chi connectivity index (χ0) is 16.2. The van der Waals surface area contributed by atoms with Gasteiger partial charge in [0.2, 0.25) is 0 Å². The molecule has 1 aromatic carbocycles. The van der Waals surface area contributed by atoms with Crippen LogP contribution >= 0.6 is 0 Å². The Morgan fingerprint density at radius 1 is 1.13 bits per heavy atom. The van der Waals surface area contributed by atoms with Crippen LogP contribution in [0.4, 0.5) is 0 Å². The molecule has 0 radical (unpaired) electrons. The molecule has 3 rings (SSSR count). The quantitative estimate of drug-likeness (QED) is 0.650. The van der Waals surface area contributed by atoms with E-state index in [9.17, 15) is 9.59 Å². The van der Waals surface area contributed by atoms with Gasteiger partial charge in [0.05, 0.1) is 13.4 Å². The second kappa shape index (κ2) is 6.44. The average Bonchev–Trinajstić information content (AvgIpc) is 3.06. The number of benzene rings is 1. The highest BCUT2D eigenvalue weighted by molar-refractivity contribution is 6.03. The summed E-state index contributed by atoms with van der Waals surface area (Å²) in [7, 11) is 1.49. The number of nitrogens with zero attached hydrogens (tertiary/aromatic N) is 1. The Bertz CT molecular complexity index is 866. The van der Waals surface area contributed by atoms with Gasteiger partial charge in [-0.1, -0.05) is 0 Å². The van der Waals surface area contributed by atoms with Crippen LogP contribution < -0.4 is 4.74 Å². The van der Waals surface area contributed by atoms with Crippen molar-refractivity contribution in [3.8, 4) is 5.75 Å². The molecule has 5 heteroatoms. The van der Waals surface area contributed by atoms with E-state index in [1.165, 1.54) is 13.3 Å². The average molecular weight is 309 g/mol. The fraction of sp³-hybridized carbons (Fsp3) is 0.167. The molecule has 2 aromatic heterocycles. The first-order chi connectivity index (χ1) is 11.2. The maximum atomic E-state index is 12.3. The van der Waals surface area contributed by atoms with Crippen molar-refractivity contribution in [2.24, 2.45) is 0 Å². The number of hydrogen-bond donors (Lipinski definition) is 0. The summed E-state index contributed by atoms with van der Waals surface area (Å²) in [5, 5.41) is 0.869. The van der Waals surface area contributed by atoms with E-state index in [1.54, 1.807) is 42.7 Å². The molecule has 0 fully saturated rings. The molecule has 0 amide bonds. The number of ether oxygens (including phenoxy) is 1. The predicted molar refractivity (Wildman–Crippen MR) is 84.9 cm³/mol. The summed E-state index contributed by atoms with van der Waals surface area (Å²) in [6.45, 7) is 0. The number of furan rings is 1. The lowest BCUT2D eigenvalue weighted by molar-refractivity contribution is 0.0913. The molecule has 0 bridgehead atoms. The minimum atomic E-state index is -0.208. The van der Waals surface area contributed by atoms with Crippen molar-refractivity contribution in [2.75, 3.05) is 7.11 Å². The van der Waals surface area contributed by atoms with Crippen molar-refractivity contribution in [1.82, 2.24) is 4.98 Å². The Hall–Kier alpha value is -2.95. The molecule has 0 unspecified atom stereocenters. The SMILES string of the molecule is COc1cccnc1C(=O)CCC(=O)c1ccc2occc2c1. The van der Waals surface area contributed by atoms with E-state index in [0.29, 0.717) is 11.3 Å². The van der Waals surface area contributed by atoms with Gasteiger partial charge in [0, 0.05) is 30.0 Å². The predicted octanol–water partition coefficient (Wildman–Crippen LogP) is 3.68. The minimum absolute atomic E-state index is 0.0867. The summed E-state index contributed by atoms with van der Waals surface area (Å²) < 4.78 is 10.4. The standard InChI is InChI=1S/C18H15NO4/c1-22-17-3-2-9-19-18(17)15(21)6-5-14(20)12-4-7-16-13(11-12)8-10-23-16/h2-4,7-11H,5-6H2,1H3. The van der Waals surface area contributed by atoms with Crippen LogP contribution in [0.5, 0.6) is 5.75 Å². The van der Waals surface area contributed by atoms with Crippen LogP contribution in [0.3, 0.4) is 0 Å². The summed E-state index contributed by atoms with van der Waals surface area (Å²) in [6, 6.07) is 10.4. The van der Waals surface area contributed by atoms with Crippen LogP contribution in [0.15, 0.2) is 53.3 Å². The lowest BCUT2D eigenvalue weighted by Crippen LogP contribution is -2.08. The van der Waals surface area contributed by atoms with E-state index in [0.717, 1.165) is 11.0 Å². The molecule has 23 heavy (non-hydrogen) atoms. The van der Waals surface area contributed by atoms with Crippen LogP contribution in [0.25, 0.3) is 11.0 Å². The maximum Gasteiger partial charge on any atom is 0.185 e. The summed E-state index contributed by atoms with van der Waals surface area (Å²) in [4.78, 5) is 28.5. The lowest BCUT2D eigenvalue weighted by atomic mass is 10.0. The van der Waals surface area contributed by atoms with E-state index in [4.69, 9.17) is 9.15 Å². The number of methoxy groups -OCH3 is 1. The second-order valence-corrected chi connectivity index (χ2v) is 5.07. The van der Waals surface area contributed by atoms with E-state index in [1.807, 2.05) is 0 Å². The molecule has 0 spiro atoms. The first-order valence-corrected chi connectivity index (χ1v) is 7.21. The summed E-state index contributed by atoms with van der Waals surface area (Å²) in [5.41, 5.74) is 1.56. The molecule has 0 aliphatic heterocycles. The third-order valence-corrected chi connectivity index (χ3v) is 3.61. The van der Waals surface area contributed by atoms with E-state index < -0.39 is 0 Å². The van der Waals surface area contributed by atoms with E-state index in [2.05, 4.69) is 4.98 Å². The summed E-state index contributed by atoms with van der Waals surface area (Å²) in [5.74, 6) is 0.126. The Morgan fingerprint density at radius 2 is 1.96 bits per heavy atom. The molecule has 0 aliphatic rings. The number of Topliss-reactive ketones (excluding diaryl/α,β-unsaturated/α-hetero) is 2. The van der Waals surface area contributed by atoms with Crippen molar-refractivity contribution < 1.29 is 18.7 Å². The number of ketones is 2. The number of hydrogen-bond acceptors (Lipinski definition) is 5. The fourth-order valence-corrected chi connectivity index (χ4v) is 2.39. The van der Waals surface area contributed by atoms with Crippen LogP contribution in [0, 0.1) is 0 Å². The van der Waals surface area contributed by atoms with Crippen LogP contribution in [-0.2, 0) is 0 Å². The smallest absolute Gasteiger partial charge is 0.185 e. The van der Waals surface area contributed by atoms with Crippen molar-refractivity contribution in [1.29, 1.82) is 0 Å². The van der Waals surface area contributed by atoms with Crippen molar-refractivity contribution in [3.05, 3.63) is 60.1 Å². The zero-order valence-electron chi connectivity index (χ0n) is 12.6. The largest absolute Gasteiger partial charge is 0.494 e. The highest BCUT2D eigenvalue weighted by Crippen LogP contribution is 2.20. The van der Waals surface area contributed by atoms with Gasteiger partial charge in [-0.2, -0.15) is 0 Å². The maximum absolute atomic E-state index is 12.3. The Kier molecular flexibility index (Phi) is 4.19. The van der Waals surface area contributed by atoms with Crippen molar-refractivity contribution in [3.63, 3.8) is 0 Å². The number of aromatic nitrogens is 1. The van der Waals surface area contributed by atoms with Gasteiger partial charge in [0.15, 0.2) is 11.6 Å². The third kappa shape index (κ3) is 3.13. The zero-order valence-corrected chi connectivity index (χ0v) is 12.6. The fourth-order valence-electron chi connectivity index (χ4n) is 2.39. The van der Waals surface area contributed by atoms with Crippen LogP contribution in [0.2, 0.25) is 0 Å². The van der Waals surface area contributed by atoms with Gasteiger partial charge in [-0.15, -0.1) is 0 Å². The molecular weight excluding hydrogens is 294 g/mol. The Morgan fingerprint density at radius 3 is 2.78 bits per heavy atom. The number of carbonyl (C=O) groups excluding carboxylic acids is 2. The van der Waals surface area contributed by atoms with E-state index in [-0.39, 0.29) is 30.1 Å². The molecule has 0 N–H and O–H groups in total. The third-order valence-electron chi connectivity index (χ3n) is 3.61.